The van der Waals surface area contributed by atoms with Crippen LogP contribution in [0.5, 0.6) is 11.5 Å². The van der Waals surface area contributed by atoms with Gasteiger partial charge in [0.1, 0.15) is 22.2 Å². The predicted molar refractivity (Wildman–Crippen MR) is 154 cm³/mol. The molecule has 4 aromatic rings. The molecule has 41 heavy (non-hydrogen) atoms. The van der Waals surface area contributed by atoms with Crippen molar-refractivity contribution in [2.45, 2.75) is 4.90 Å². The van der Waals surface area contributed by atoms with E-state index in [0.717, 1.165) is 4.90 Å². The summed E-state index contributed by atoms with van der Waals surface area (Å²) in [5, 5.41) is 10.3. The van der Waals surface area contributed by atoms with Crippen LogP contribution in [0.15, 0.2) is 119 Å². The molecule has 0 aliphatic carbocycles. The van der Waals surface area contributed by atoms with Crippen molar-refractivity contribution in [3.8, 4) is 11.5 Å². The van der Waals surface area contributed by atoms with Crippen molar-refractivity contribution in [1.29, 1.82) is 0 Å². The number of halogens is 1. The van der Waals surface area contributed by atoms with Crippen molar-refractivity contribution in [3.05, 3.63) is 119 Å². The Morgan fingerprint density at radius 1 is 0.756 bits per heavy atom. The molecule has 1 aliphatic rings. The number of sulfonamides is 1. The number of carbonyl (C=O) groups is 3. The number of nitrogens with two attached hydrogens (primary N) is 1. The SMILES string of the molecule is NS(=O)(=O)c1ccc(NC(=O)c2ccc(NC3=C(Cl)C(=O)N(c4ccc(Oc5ccccc5)cc4)C3=O)cc2)cc1. The highest BCUT2D eigenvalue weighted by molar-refractivity contribution is 7.89. The molecule has 1 heterocycles. The van der Waals surface area contributed by atoms with Gasteiger partial charge < -0.3 is 15.4 Å². The number of hydrogen-bond acceptors (Lipinski definition) is 7. The molecule has 0 saturated carbocycles. The number of amides is 3. The molecule has 0 bridgehead atoms. The molecule has 12 heteroatoms. The highest BCUT2D eigenvalue weighted by Gasteiger charge is 2.39. The smallest absolute Gasteiger partial charge is 0.283 e. The van der Waals surface area contributed by atoms with E-state index >= 15 is 0 Å². The minimum atomic E-state index is -3.84. The monoisotopic (exact) mass is 588 g/mol. The lowest BCUT2D eigenvalue weighted by molar-refractivity contribution is -0.120. The number of para-hydroxylation sites is 1. The summed E-state index contributed by atoms with van der Waals surface area (Å²) >= 11 is 6.24. The second-order valence-electron chi connectivity index (χ2n) is 8.77. The summed E-state index contributed by atoms with van der Waals surface area (Å²) in [7, 11) is -3.84. The molecule has 0 radical (unpaired) electrons. The lowest BCUT2D eigenvalue weighted by Gasteiger charge is -2.16. The van der Waals surface area contributed by atoms with Gasteiger partial charge in [-0.25, -0.2) is 18.5 Å². The van der Waals surface area contributed by atoms with Crippen LogP contribution in [0.4, 0.5) is 17.1 Å². The van der Waals surface area contributed by atoms with E-state index in [4.69, 9.17) is 21.5 Å². The third-order valence-corrected chi connectivity index (χ3v) is 7.24. The van der Waals surface area contributed by atoms with Crippen molar-refractivity contribution in [2.75, 3.05) is 15.5 Å². The molecular formula is C29H21ClN4O6S. The average Bonchev–Trinajstić information content (AvgIpc) is 3.17. The summed E-state index contributed by atoms with van der Waals surface area (Å²) < 4.78 is 28.5. The molecule has 0 unspecified atom stereocenters. The van der Waals surface area contributed by atoms with E-state index in [9.17, 15) is 22.8 Å². The van der Waals surface area contributed by atoms with E-state index < -0.39 is 27.7 Å². The summed E-state index contributed by atoms with van der Waals surface area (Å²) in [4.78, 5) is 39.5. The van der Waals surface area contributed by atoms with Gasteiger partial charge in [-0.15, -0.1) is 0 Å². The molecule has 0 aromatic heterocycles. The van der Waals surface area contributed by atoms with Gasteiger partial charge in [0.15, 0.2) is 0 Å². The molecule has 10 nitrogen and oxygen atoms in total. The Balaban J connectivity index is 1.24. The summed E-state index contributed by atoms with van der Waals surface area (Å²) in [5.41, 5.74) is 1.30. The minimum Gasteiger partial charge on any atom is -0.457 e. The summed E-state index contributed by atoms with van der Waals surface area (Å²) in [5.74, 6) is -0.592. The van der Waals surface area contributed by atoms with Crippen molar-refractivity contribution >= 4 is 56.4 Å². The quantitative estimate of drug-likeness (QED) is 0.250. The first-order valence-corrected chi connectivity index (χ1v) is 14.0. The average molecular weight is 589 g/mol. The number of primary sulfonamides is 1. The van der Waals surface area contributed by atoms with Crippen molar-refractivity contribution in [1.82, 2.24) is 0 Å². The fourth-order valence-corrected chi connectivity index (χ4v) is 4.64. The zero-order chi connectivity index (χ0) is 29.1. The molecule has 5 rings (SSSR count). The number of nitrogens with one attached hydrogen (secondary N) is 2. The molecule has 0 spiro atoms. The number of ether oxygens (including phenoxy) is 1. The van der Waals surface area contributed by atoms with Gasteiger partial charge in [-0.2, -0.15) is 0 Å². The zero-order valence-electron chi connectivity index (χ0n) is 21.1. The summed E-state index contributed by atoms with van der Waals surface area (Å²) in [6, 6.07) is 27.1. The van der Waals surface area contributed by atoms with E-state index in [1.807, 2.05) is 18.2 Å². The van der Waals surface area contributed by atoms with Gasteiger partial charge in [0.05, 0.1) is 10.6 Å². The van der Waals surface area contributed by atoms with Gasteiger partial charge in [-0.3, -0.25) is 14.4 Å². The van der Waals surface area contributed by atoms with Crippen molar-refractivity contribution in [3.63, 3.8) is 0 Å². The normalized spacial score (nSPS) is 13.4. The molecule has 0 fully saturated rings. The van der Waals surface area contributed by atoms with E-state index in [2.05, 4.69) is 10.6 Å². The maximum atomic E-state index is 13.1. The Morgan fingerprint density at radius 2 is 1.34 bits per heavy atom. The van der Waals surface area contributed by atoms with Crippen LogP contribution >= 0.6 is 11.6 Å². The Labute approximate surface area is 240 Å². The van der Waals surface area contributed by atoms with Crippen LogP contribution in [0.1, 0.15) is 10.4 Å². The van der Waals surface area contributed by atoms with Gasteiger partial charge in [0.25, 0.3) is 17.7 Å². The number of carbonyl (C=O) groups excluding carboxylic acids is 3. The van der Waals surface area contributed by atoms with Crippen LogP contribution < -0.4 is 25.4 Å². The molecule has 0 saturated heterocycles. The number of imide groups is 1. The number of anilines is 3. The van der Waals surface area contributed by atoms with Crippen LogP contribution in [-0.4, -0.2) is 26.1 Å². The van der Waals surface area contributed by atoms with Crippen LogP contribution in [0.25, 0.3) is 0 Å². The summed E-state index contributed by atoms with van der Waals surface area (Å²) in [6.07, 6.45) is 0. The van der Waals surface area contributed by atoms with Gasteiger partial charge in [-0.05, 0) is 84.9 Å². The molecular weight excluding hydrogens is 568 g/mol. The minimum absolute atomic E-state index is 0.0773. The first-order chi connectivity index (χ1) is 19.6. The predicted octanol–water partition coefficient (Wildman–Crippen LogP) is 4.81. The molecule has 4 aromatic carbocycles. The fourth-order valence-electron chi connectivity index (χ4n) is 3.91. The van der Waals surface area contributed by atoms with Gasteiger partial charge in [0.2, 0.25) is 10.0 Å². The van der Waals surface area contributed by atoms with E-state index in [-0.39, 0.29) is 15.6 Å². The van der Waals surface area contributed by atoms with Crippen LogP contribution in [0, 0.1) is 0 Å². The zero-order valence-corrected chi connectivity index (χ0v) is 22.6. The first kappa shape index (κ1) is 27.6. The lowest BCUT2D eigenvalue weighted by atomic mass is 10.2. The largest absolute Gasteiger partial charge is 0.457 e. The molecule has 206 valence electrons. The van der Waals surface area contributed by atoms with E-state index in [0.29, 0.717) is 34.1 Å². The lowest BCUT2D eigenvalue weighted by Crippen LogP contribution is -2.32. The maximum Gasteiger partial charge on any atom is 0.283 e. The highest BCUT2D eigenvalue weighted by Crippen LogP contribution is 2.32. The topological polar surface area (TPSA) is 148 Å². The Kier molecular flexibility index (Phi) is 7.58. The number of hydrogen-bond donors (Lipinski definition) is 3. The number of nitrogens with zero attached hydrogens (tertiary/aromatic N) is 1. The molecule has 3 amide bonds. The standard InChI is InChI=1S/C29H21ClN4O6S/c30-25-26(29(37)34(28(25)36)21-12-14-23(15-13-21)40-22-4-2-1-3-5-22)32-19-8-6-18(7-9-19)27(35)33-20-10-16-24(17-11-20)41(31,38)39/h1-17,32H,(H,33,35)(H2,31,38,39). The van der Waals surface area contributed by atoms with Crippen molar-refractivity contribution in [2.24, 2.45) is 5.14 Å². The third-order valence-electron chi connectivity index (χ3n) is 5.96. The molecule has 4 N–H and O–H groups in total. The highest BCUT2D eigenvalue weighted by atomic mass is 35.5. The Bertz CT molecular complexity index is 1770. The molecule has 0 atom stereocenters. The molecule has 1 aliphatic heterocycles. The summed E-state index contributed by atoms with van der Waals surface area (Å²) in [6.45, 7) is 0. The fraction of sp³-hybridized carbons (Fsp3) is 0. The van der Waals surface area contributed by atoms with Crippen LogP contribution in [0.3, 0.4) is 0 Å². The van der Waals surface area contributed by atoms with E-state index in [1.54, 1.807) is 48.5 Å². The Morgan fingerprint density at radius 3 is 1.95 bits per heavy atom. The van der Waals surface area contributed by atoms with Crippen LogP contribution in [0.2, 0.25) is 0 Å². The number of rotatable bonds is 8. The first-order valence-electron chi connectivity index (χ1n) is 12.0. The number of benzene rings is 4. The van der Waals surface area contributed by atoms with Crippen molar-refractivity contribution < 1.29 is 27.5 Å². The second-order valence-corrected chi connectivity index (χ2v) is 10.7. The second kappa shape index (κ2) is 11.3. The maximum absolute atomic E-state index is 13.1. The van der Waals surface area contributed by atoms with Crippen LogP contribution in [-0.2, 0) is 19.6 Å². The van der Waals surface area contributed by atoms with Gasteiger partial charge >= 0.3 is 0 Å². The van der Waals surface area contributed by atoms with Gasteiger partial charge in [0, 0.05) is 16.9 Å². The van der Waals surface area contributed by atoms with E-state index in [1.165, 1.54) is 36.4 Å². The van der Waals surface area contributed by atoms with Gasteiger partial charge in [-0.1, -0.05) is 29.8 Å². The third kappa shape index (κ3) is 6.12. The Hall–Kier alpha value is -4.97.